The summed E-state index contributed by atoms with van der Waals surface area (Å²) in [6.45, 7) is 2.75. The number of hydrogen-bond donors (Lipinski definition) is 1. The molecule has 0 radical (unpaired) electrons. The third-order valence-corrected chi connectivity index (χ3v) is 4.44. The van der Waals surface area contributed by atoms with Crippen LogP contribution in [0.4, 0.5) is 0 Å². The van der Waals surface area contributed by atoms with Crippen LogP contribution in [-0.4, -0.2) is 16.7 Å². The summed E-state index contributed by atoms with van der Waals surface area (Å²) in [6, 6.07) is 6.34. The highest BCUT2D eigenvalue weighted by Gasteiger charge is 2.14. The number of benzene rings is 1. The van der Waals surface area contributed by atoms with Crippen molar-refractivity contribution in [3.05, 3.63) is 45.4 Å². The lowest BCUT2D eigenvalue weighted by molar-refractivity contribution is 0.171. The molecular formula is C15H17NO2S. The van der Waals surface area contributed by atoms with Crippen molar-refractivity contribution >= 4 is 11.3 Å². The van der Waals surface area contributed by atoms with Gasteiger partial charge in [-0.3, -0.25) is 0 Å². The Morgan fingerprint density at radius 1 is 1.47 bits per heavy atom. The molecule has 0 amide bonds. The van der Waals surface area contributed by atoms with Crippen molar-refractivity contribution in [1.29, 1.82) is 0 Å². The molecular weight excluding hydrogens is 258 g/mol. The van der Waals surface area contributed by atoms with Crippen LogP contribution in [0.2, 0.25) is 0 Å². The van der Waals surface area contributed by atoms with E-state index in [9.17, 15) is 5.11 Å². The van der Waals surface area contributed by atoms with Gasteiger partial charge in [-0.25, -0.2) is 4.98 Å². The molecule has 0 saturated carbocycles. The second-order valence-corrected chi connectivity index (χ2v) is 6.14. The summed E-state index contributed by atoms with van der Waals surface area (Å²) in [7, 11) is 0. The lowest BCUT2D eigenvalue weighted by Crippen LogP contribution is -1.97. The molecule has 3 nitrogen and oxygen atoms in total. The van der Waals surface area contributed by atoms with Crippen LogP contribution in [-0.2, 0) is 12.8 Å². The van der Waals surface area contributed by atoms with E-state index in [1.54, 1.807) is 17.5 Å². The van der Waals surface area contributed by atoms with E-state index in [-0.39, 0.29) is 0 Å². The topological polar surface area (TPSA) is 42.4 Å². The summed E-state index contributed by atoms with van der Waals surface area (Å²) >= 11 is 1.57. The van der Waals surface area contributed by atoms with Crippen molar-refractivity contribution in [3.8, 4) is 5.75 Å². The van der Waals surface area contributed by atoms with Crippen LogP contribution in [0, 0.1) is 6.92 Å². The maximum absolute atomic E-state index is 10.1. The number of ether oxygens (including phenoxy) is 1. The van der Waals surface area contributed by atoms with Crippen molar-refractivity contribution in [2.75, 3.05) is 6.61 Å². The highest BCUT2D eigenvalue weighted by Crippen LogP contribution is 2.28. The van der Waals surface area contributed by atoms with E-state index in [0.29, 0.717) is 0 Å². The summed E-state index contributed by atoms with van der Waals surface area (Å²) < 4.78 is 5.50. The molecule has 1 aliphatic rings. The van der Waals surface area contributed by atoms with Crippen LogP contribution in [0.1, 0.15) is 33.5 Å². The second-order valence-electron chi connectivity index (χ2n) is 4.88. The quantitative estimate of drug-likeness (QED) is 0.932. The van der Waals surface area contributed by atoms with Crippen LogP contribution >= 0.6 is 11.3 Å². The van der Waals surface area contributed by atoms with Crippen molar-refractivity contribution in [2.24, 2.45) is 0 Å². The van der Waals surface area contributed by atoms with Gasteiger partial charge in [-0.05, 0) is 37.0 Å². The third kappa shape index (κ3) is 2.80. The van der Waals surface area contributed by atoms with E-state index < -0.39 is 6.10 Å². The van der Waals surface area contributed by atoms with E-state index in [1.807, 2.05) is 13.0 Å². The first-order valence-electron chi connectivity index (χ1n) is 6.57. The first kappa shape index (κ1) is 12.6. The summed E-state index contributed by atoms with van der Waals surface area (Å²) in [5.41, 5.74) is 2.56. The van der Waals surface area contributed by atoms with Crippen LogP contribution in [0.3, 0.4) is 0 Å². The van der Waals surface area contributed by atoms with E-state index in [4.69, 9.17) is 4.74 Å². The van der Waals surface area contributed by atoms with Gasteiger partial charge in [-0.1, -0.05) is 12.1 Å². The average molecular weight is 275 g/mol. The number of aliphatic hydroxyl groups is 1. The van der Waals surface area contributed by atoms with Gasteiger partial charge in [0.05, 0.1) is 22.6 Å². The van der Waals surface area contributed by atoms with Gasteiger partial charge < -0.3 is 9.84 Å². The largest absolute Gasteiger partial charge is 0.493 e. The Labute approximate surface area is 116 Å². The lowest BCUT2D eigenvalue weighted by atomic mass is 10.0. The van der Waals surface area contributed by atoms with Gasteiger partial charge in [0.15, 0.2) is 0 Å². The normalized spacial score (nSPS) is 15.1. The maximum atomic E-state index is 10.1. The Kier molecular flexibility index (Phi) is 3.53. The molecule has 0 saturated heterocycles. The first-order chi connectivity index (χ1) is 9.22. The number of aliphatic hydroxyl groups excluding tert-OH is 1. The van der Waals surface area contributed by atoms with Gasteiger partial charge >= 0.3 is 0 Å². The fraction of sp³-hybridized carbons (Fsp3) is 0.400. The minimum atomic E-state index is -0.407. The Morgan fingerprint density at radius 2 is 2.37 bits per heavy atom. The molecule has 1 atom stereocenters. The summed E-state index contributed by atoms with van der Waals surface area (Å²) in [5, 5.41) is 11.1. The third-order valence-electron chi connectivity index (χ3n) is 3.43. The smallest absolute Gasteiger partial charge is 0.122 e. The molecule has 4 heteroatoms. The number of hydrogen-bond acceptors (Lipinski definition) is 4. The SMILES string of the molecule is Cc1ncc(C(O)CCc2ccc3c(c2)CCO3)s1. The standard InChI is InChI=1S/C15H17NO2S/c1-10-16-9-15(19-10)13(17)4-2-11-3-5-14-12(8-11)6-7-18-14/h3,5,8-9,13,17H,2,4,6-7H2,1H3. The van der Waals surface area contributed by atoms with E-state index in [0.717, 1.165) is 41.5 Å². The monoisotopic (exact) mass is 275 g/mol. The Balaban J connectivity index is 1.63. The van der Waals surface area contributed by atoms with Crippen molar-refractivity contribution < 1.29 is 9.84 Å². The number of thiazole rings is 1. The van der Waals surface area contributed by atoms with Crippen LogP contribution in [0.15, 0.2) is 24.4 Å². The molecule has 100 valence electrons. The predicted molar refractivity (Wildman–Crippen MR) is 75.8 cm³/mol. The zero-order valence-electron chi connectivity index (χ0n) is 10.9. The molecule has 0 bridgehead atoms. The zero-order valence-corrected chi connectivity index (χ0v) is 11.7. The van der Waals surface area contributed by atoms with Gasteiger partial charge in [0.2, 0.25) is 0 Å². The Bertz CT molecular complexity index is 579. The molecule has 0 spiro atoms. The van der Waals surface area contributed by atoms with Crippen LogP contribution < -0.4 is 4.74 Å². The molecule has 1 aliphatic heterocycles. The Morgan fingerprint density at radius 3 is 3.16 bits per heavy atom. The zero-order chi connectivity index (χ0) is 13.2. The minimum absolute atomic E-state index is 0.407. The number of fused-ring (bicyclic) bond motifs is 1. The molecule has 1 aromatic heterocycles. The maximum Gasteiger partial charge on any atom is 0.122 e. The number of aromatic nitrogens is 1. The Hall–Kier alpha value is -1.39. The number of rotatable bonds is 4. The molecule has 1 N–H and O–H groups in total. The molecule has 0 fully saturated rings. The van der Waals surface area contributed by atoms with Gasteiger partial charge in [0.1, 0.15) is 5.75 Å². The summed E-state index contributed by atoms with van der Waals surface area (Å²) in [4.78, 5) is 5.14. The molecule has 2 aromatic rings. The van der Waals surface area contributed by atoms with E-state index in [1.165, 1.54) is 11.1 Å². The second kappa shape index (κ2) is 5.31. The van der Waals surface area contributed by atoms with Crippen molar-refractivity contribution in [3.63, 3.8) is 0 Å². The van der Waals surface area contributed by atoms with Crippen molar-refractivity contribution in [1.82, 2.24) is 4.98 Å². The van der Waals surface area contributed by atoms with Gasteiger partial charge in [0, 0.05) is 12.6 Å². The molecule has 0 aliphatic carbocycles. The predicted octanol–water partition coefficient (Wildman–Crippen LogP) is 3.05. The summed E-state index contributed by atoms with van der Waals surface area (Å²) in [5.74, 6) is 1.02. The van der Waals surface area contributed by atoms with Gasteiger partial charge in [-0.15, -0.1) is 11.3 Å². The van der Waals surface area contributed by atoms with Gasteiger partial charge in [-0.2, -0.15) is 0 Å². The molecule has 3 rings (SSSR count). The molecule has 19 heavy (non-hydrogen) atoms. The van der Waals surface area contributed by atoms with E-state index in [2.05, 4.69) is 17.1 Å². The minimum Gasteiger partial charge on any atom is -0.493 e. The molecule has 1 unspecified atom stereocenters. The molecule has 2 heterocycles. The average Bonchev–Trinajstić information content (AvgIpc) is 3.03. The molecule has 1 aromatic carbocycles. The lowest BCUT2D eigenvalue weighted by Gasteiger charge is -2.08. The van der Waals surface area contributed by atoms with Gasteiger partial charge in [0.25, 0.3) is 0 Å². The van der Waals surface area contributed by atoms with Crippen LogP contribution in [0.25, 0.3) is 0 Å². The fourth-order valence-corrected chi connectivity index (χ4v) is 3.18. The van der Waals surface area contributed by atoms with Crippen molar-refractivity contribution in [2.45, 2.75) is 32.3 Å². The number of aryl methyl sites for hydroxylation is 2. The fourth-order valence-electron chi connectivity index (χ4n) is 2.37. The number of nitrogens with zero attached hydrogens (tertiary/aromatic N) is 1. The highest BCUT2D eigenvalue weighted by molar-refractivity contribution is 7.11. The van der Waals surface area contributed by atoms with E-state index >= 15 is 0 Å². The van der Waals surface area contributed by atoms with Crippen LogP contribution in [0.5, 0.6) is 5.75 Å². The summed E-state index contributed by atoms with van der Waals surface area (Å²) in [6.07, 6.45) is 3.99. The first-order valence-corrected chi connectivity index (χ1v) is 7.39. The highest BCUT2D eigenvalue weighted by atomic mass is 32.1.